The monoisotopic (exact) mass is 487 g/mol. The number of pyridine rings is 1. The minimum absolute atomic E-state index is 0.252. The number of aromatic nitrogens is 5. The molecule has 0 aliphatic carbocycles. The van der Waals surface area contributed by atoms with E-state index < -0.39 is 0 Å². The van der Waals surface area contributed by atoms with Crippen molar-refractivity contribution in [2.75, 3.05) is 32.5 Å². The van der Waals surface area contributed by atoms with E-state index in [9.17, 15) is 0 Å². The van der Waals surface area contributed by atoms with E-state index in [0.717, 1.165) is 36.2 Å². The number of imidazole rings is 1. The second kappa shape index (κ2) is 10.9. The predicted molar refractivity (Wildman–Crippen MR) is 140 cm³/mol. The molecule has 0 saturated carbocycles. The molecular formula is C27H33N7O2. The smallest absolute Gasteiger partial charge is 0.320 e. The standard InChI is InChI=1S/C27H33N7O2/c1-3-4-15-36-26-31-24(28)23-25(32-26)34(27(30-23)35-2)18-20-11-12-29-22(16-20)21-9-7-19(8-10-21)17-33-13-5-6-14-33/h7-12,16H,3-6,13-15,17-18H2,1-2H3,(H2,28,31,32). The van der Waals surface area contributed by atoms with E-state index in [-0.39, 0.29) is 11.8 Å². The number of hydrogen-bond donors (Lipinski definition) is 1. The third kappa shape index (κ3) is 5.26. The van der Waals surface area contributed by atoms with E-state index >= 15 is 0 Å². The fraction of sp³-hybridized carbons (Fsp3) is 0.407. The molecule has 0 unspecified atom stereocenters. The number of hydrogen-bond acceptors (Lipinski definition) is 8. The van der Waals surface area contributed by atoms with Crippen LogP contribution in [0, 0.1) is 0 Å². The third-order valence-electron chi connectivity index (χ3n) is 6.50. The van der Waals surface area contributed by atoms with Crippen molar-refractivity contribution in [1.82, 2.24) is 29.4 Å². The molecule has 1 aromatic carbocycles. The molecule has 0 amide bonds. The number of anilines is 1. The number of unbranched alkanes of at least 4 members (excludes halogenated alkanes) is 1. The van der Waals surface area contributed by atoms with Crippen molar-refractivity contribution in [3.63, 3.8) is 0 Å². The lowest BCUT2D eigenvalue weighted by molar-refractivity contribution is 0.286. The zero-order valence-corrected chi connectivity index (χ0v) is 21.0. The molecule has 36 heavy (non-hydrogen) atoms. The zero-order chi connectivity index (χ0) is 24.9. The summed E-state index contributed by atoms with van der Waals surface area (Å²) in [7, 11) is 1.58. The summed E-state index contributed by atoms with van der Waals surface area (Å²) in [6.45, 7) is 6.54. The number of methoxy groups -OCH3 is 1. The molecule has 0 spiro atoms. The van der Waals surface area contributed by atoms with E-state index in [1.807, 2.05) is 16.8 Å². The number of benzene rings is 1. The number of ether oxygens (including phenoxy) is 2. The number of nitrogens with zero attached hydrogens (tertiary/aromatic N) is 6. The van der Waals surface area contributed by atoms with Gasteiger partial charge in [0.1, 0.15) is 0 Å². The van der Waals surface area contributed by atoms with E-state index in [4.69, 9.17) is 15.2 Å². The van der Waals surface area contributed by atoms with Crippen LogP contribution in [-0.4, -0.2) is 56.2 Å². The van der Waals surface area contributed by atoms with Gasteiger partial charge in [0.25, 0.3) is 6.01 Å². The third-order valence-corrected chi connectivity index (χ3v) is 6.50. The van der Waals surface area contributed by atoms with Crippen molar-refractivity contribution < 1.29 is 9.47 Å². The Balaban J connectivity index is 1.39. The van der Waals surface area contributed by atoms with E-state index in [0.29, 0.717) is 30.3 Å². The number of nitrogen functional groups attached to an aromatic ring is 1. The zero-order valence-electron chi connectivity index (χ0n) is 21.0. The van der Waals surface area contributed by atoms with Crippen LogP contribution >= 0.6 is 0 Å². The summed E-state index contributed by atoms with van der Waals surface area (Å²) in [5.74, 6) is 0.271. The first-order valence-corrected chi connectivity index (χ1v) is 12.6. The molecule has 188 valence electrons. The Morgan fingerprint density at radius 3 is 2.53 bits per heavy atom. The molecule has 2 N–H and O–H groups in total. The van der Waals surface area contributed by atoms with Crippen LogP contribution in [0.1, 0.15) is 43.7 Å². The molecule has 4 heterocycles. The molecular weight excluding hydrogens is 454 g/mol. The highest BCUT2D eigenvalue weighted by Gasteiger charge is 2.19. The van der Waals surface area contributed by atoms with Gasteiger partial charge in [0.05, 0.1) is 26.0 Å². The Kier molecular flexibility index (Phi) is 7.27. The van der Waals surface area contributed by atoms with Gasteiger partial charge in [-0.25, -0.2) is 0 Å². The molecule has 1 saturated heterocycles. The minimum atomic E-state index is 0.252. The van der Waals surface area contributed by atoms with Crippen LogP contribution < -0.4 is 15.2 Å². The van der Waals surface area contributed by atoms with Crippen LogP contribution in [0.4, 0.5) is 5.82 Å². The summed E-state index contributed by atoms with van der Waals surface area (Å²) in [5.41, 5.74) is 11.6. The van der Waals surface area contributed by atoms with Gasteiger partial charge in [0.2, 0.25) is 0 Å². The van der Waals surface area contributed by atoms with Crippen LogP contribution in [0.5, 0.6) is 12.0 Å². The average Bonchev–Trinajstić information content (AvgIpc) is 3.53. The highest BCUT2D eigenvalue weighted by Crippen LogP contribution is 2.27. The summed E-state index contributed by atoms with van der Waals surface area (Å²) < 4.78 is 13.1. The number of likely N-dealkylation sites (tertiary alicyclic amines) is 1. The second-order valence-corrected chi connectivity index (χ2v) is 9.18. The molecule has 0 radical (unpaired) electrons. The summed E-state index contributed by atoms with van der Waals surface area (Å²) >= 11 is 0. The Morgan fingerprint density at radius 2 is 1.78 bits per heavy atom. The molecule has 1 aliphatic heterocycles. The Morgan fingerprint density at radius 1 is 0.972 bits per heavy atom. The number of nitrogens with two attached hydrogens (primary N) is 1. The van der Waals surface area contributed by atoms with Gasteiger partial charge in [-0.05, 0) is 55.6 Å². The first-order valence-electron chi connectivity index (χ1n) is 12.6. The van der Waals surface area contributed by atoms with Crippen molar-refractivity contribution >= 4 is 17.0 Å². The predicted octanol–water partition coefficient (Wildman–Crippen LogP) is 4.30. The molecule has 1 aliphatic rings. The lowest BCUT2D eigenvalue weighted by atomic mass is 10.1. The fourth-order valence-electron chi connectivity index (χ4n) is 4.54. The maximum Gasteiger partial charge on any atom is 0.320 e. The molecule has 1 fully saturated rings. The normalized spacial score (nSPS) is 13.9. The molecule has 9 heteroatoms. The highest BCUT2D eigenvalue weighted by atomic mass is 16.5. The lowest BCUT2D eigenvalue weighted by Crippen LogP contribution is -2.18. The van der Waals surface area contributed by atoms with Gasteiger partial charge in [-0.1, -0.05) is 37.6 Å². The first kappa shape index (κ1) is 24.0. The quantitative estimate of drug-likeness (QED) is 0.330. The van der Waals surface area contributed by atoms with Gasteiger partial charge >= 0.3 is 6.01 Å². The van der Waals surface area contributed by atoms with Gasteiger partial charge < -0.3 is 15.2 Å². The van der Waals surface area contributed by atoms with E-state index in [2.05, 4.69) is 62.1 Å². The molecule has 0 bridgehead atoms. The van der Waals surface area contributed by atoms with E-state index in [1.54, 1.807) is 7.11 Å². The van der Waals surface area contributed by atoms with Gasteiger partial charge in [-0.15, -0.1) is 0 Å². The van der Waals surface area contributed by atoms with Crippen LogP contribution in [-0.2, 0) is 13.1 Å². The first-order chi connectivity index (χ1) is 17.6. The number of rotatable bonds is 10. The summed E-state index contributed by atoms with van der Waals surface area (Å²) in [6, 6.07) is 13.5. The average molecular weight is 488 g/mol. The maximum absolute atomic E-state index is 6.18. The lowest BCUT2D eigenvalue weighted by Gasteiger charge is -2.14. The highest BCUT2D eigenvalue weighted by molar-refractivity contribution is 5.83. The van der Waals surface area contributed by atoms with Gasteiger partial charge in [0.15, 0.2) is 17.0 Å². The molecule has 9 nitrogen and oxygen atoms in total. The fourth-order valence-corrected chi connectivity index (χ4v) is 4.54. The number of fused-ring (bicyclic) bond motifs is 1. The van der Waals surface area contributed by atoms with Crippen LogP contribution in [0.25, 0.3) is 22.4 Å². The van der Waals surface area contributed by atoms with Crippen LogP contribution in [0.2, 0.25) is 0 Å². The van der Waals surface area contributed by atoms with Crippen molar-refractivity contribution in [2.45, 2.75) is 45.7 Å². The second-order valence-electron chi connectivity index (χ2n) is 9.18. The van der Waals surface area contributed by atoms with Crippen molar-refractivity contribution in [1.29, 1.82) is 0 Å². The SMILES string of the molecule is CCCCOc1nc(N)c2nc(OC)n(Cc3ccnc(-c4ccc(CN5CCCC5)cc4)c3)c2n1. The van der Waals surface area contributed by atoms with Gasteiger partial charge in [-0.3, -0.25) is 14.5 Å². The maximum atomic E-state index is 6.18. The van der Waals surface area contributed by atoms with Crippen molar-refractivity contribution in [3.05, 3.63) is 53.7 Å². The molecule has 0 atom stereocenters. The molecule has 4 aromatic rings. The largest absolute Gasteiger partial charge is 0.468 e. The van der Waals surface area contributed by atoms with Crippen molar-refractivity contribution in [2.24, 2.45) is 0 Å². The summed E-state index contributed by atoms with van der Waals surface area (Å²) in [5, 5.41) is 0. The molecule has 3 aromatic heterocycles. The minimum Gasteiger partial charge on any atom is -0.468 e. The Hall–Kier alpha value is -3.72. The van der Waals surface area contributed by atoms with Crippen LogP contribution in [0.3, 0.4) is 0 Å². The van der Waals surface area contributed by atoms with Gasteiger partial charge in [-0.2, -0.15) is 15.0 Å². The summed E-state index contributed by atoms with van der Waals surface area (Å²) in [4.78, 5) is 20.5. The van der Waals surface area contributed by atoms with Gasteiger partial charge in [0, 0.05) is 18.3 Å². The molecule has 5 rings (SSSR count). The van der Waals surface area contributed by atoms with Crippen molar-refractivity contribution in [3.8, 4) is 23.3 Å². The Bertz CT molecular complexity index is 1310. The van der Waals surface area contributed by atoms with E-state index in [1.165, 1.54) is 31.5 Å². The van der Waals surface area contributed by atoms with Crippen LogP contribution in [0.15, 0.2) is 42.6 Å². The Labute approximate surface area is 211 Å². The topological polar surface area (TPSA) is 104 Å². The summed E-state index contributed by atoms with van der Waals surface area (Å²) in [6.07, 6.45) is 6.38.